The van der Waals surface area contributed by atoms with Crippen molar-refractivity contribution in [3.05, 3.63) is 34.9 Å². The van der Waals surface area contributed by atoms with Gasteiger partial charge in [-0.1, -0.05) is 43.0 Å². The van der Waals surface area contributed by atoms with E-state index < -0.39 is 0 Å². The van der Waals surface area contributed by atoms with Crippen molar-refractivity contribution in [2.75, 3.05) is 13.1 Å². The Labute approximate surface area is 119 Å². The van der Waals surface area contributed by atoms with Crippen LogP contribution in [0.5, 0.6) is 0 Å². The first-order chi connectivity index (χ1) is 9.24. The van der Waals surface area contributed by atoms with Crippen molar-refractivity contribution in [1.82, 2.24) is 4.90 Å². The summed E-state index contributed by atoms with van der Waals surface area (Å²) in [5.74, 6) is 1.20. The second-order valence-electron chi connectivity index (χ2n) is 5.83. The molecule has 0 aromatic heterocycles. The highest BCUT2D eigenvalue weighted by Crippen LogP contribution is 2.32. The van der Waals surface area contributed by atoms with Gasteiger partial charge in [-0.05, 0) is 30.5 Å². The van der Waals surface area contributed by atoms with Crippen LogP contribution >= 0.6 is 11.6 Å². The summed E-state index contributed by atoms with van der Waals surface area (Å²) in [4.78, 5) is 14.4. The highest BCUT2D eigenvalue weighted by atomic mass is 35.5. The molecule has 0 spiro atoms. The number of nitrogens with zero attached hydrogens (tertiary/aromatic N) is 1. The largest absolute Gasteiger partial charge is 0.341 e. The molecular formula is C16H20ClNO. The van der Waals surface area contributed by atoms with Crippen LogP contribution in [0.15, 0.2) is 24.3 Å². The lowest BCUT2D eigenvalue weighted by Crippen LogP contribution is -2.50. The molecule has 1 aliphatic heterocycles. The number of halogens is 1. The fourth-order valence-corrected chi connectivity index (χ4v) is 3.34. The molecular weight excluding hydrogens is 258 g/mol. The first kappa shape index (κ1) is 13.0. The first-order valence-corrected chi connectivity index (χ1v) is 7.66. The van der Waals surface area contributed by atoms with Crippen LogP contribution in [0.1, 0.15) is 43.6 Å². The maximum Gasteiger partial charge on any atom is 0.225 e. The second-order valence-corrected chi connectivity index (χ2v) is 6.26. The molecule has 1 heterocycles. The van der Waals surface area contributed by atoms with Crippen LogP contribution in [0.25, 0.3) is 0 Å². The molecule has 1 saturated heterocycles. The predicted molar refractivity (Wildman–Crippen MR) is 77.3 cm³/mol. The van der Waals surface area contributed by atoms with E-state index in [1.54, 1.807) is 0 Å². The number of hydrogen-bond acceptors (Lipinski definition) is 1. The number of hydrogen-bond donors (Lipinski definition) is 0. The number of carbonyl (C=O) groups is 1. The van der Waals surface area contributed by atoms with Gasteiger partial charge in [0.2, 0.25) is 5.91 Å². The van der Waals surface area contributed by atoms with Gasteiger partial charge in [-0.15, -0.1) is 0 Å². The topological polar surface area (TPSA) is 20.3 Å². The zero-order chi connectivity index (χ0) is 13.2. The Kier molecular flexibility index (Phi) is 3.79. The molecule has 3 heteroatoms. The molecule has 0 unspecified atom stereocenters. The van der Waals surface area contributed by atoms with Crippen LogP contribution in [-0.2, 0) is 4.79 Å². The molecule has 0 bridgehead atoms. The summed E-state index contributed by atoms with van der Waals surface area (Å²) in [5, 5.41) is 0.776. The van der Waals surface area contributed by atoms with Gasteiger partial charge in [0.15, 0.2) is 0 Å². The van der Waals surface area contributed by atoms with Crippen molar-refractivity contribution < 1.29 is 4.79 Å². The van der Waals surface area contributed by atoms with E-state index in [2.05, 4.69) is 12.1 Å². The molecule has 2 aliphatic rings. The maximum atomic E-state index is 12.3. The predicted octanol–water partition coefficient (Wildman–Crippen LogP) is 3.85. The number of carbonyl (C=O) groups excluding carboxylic acids is 1. The molecule has 1 aromatic rings. The number of benzene rings is 1. The number of amides is 1. The Hall–Kier alpha value is -1.02. The summed E-state index contributed by atoms with van der Waals surface area (Å²) < 4.78 is 0. The highest BCUT2D eigenvalue weighted by Gasteiger charge is 2.35. The summed E-state index contributed by atoms with van der Waals surface area (Å²) in [7, 11) is 0. The van der Waals surface area contributed by atoms with Crippen molar-refractivity contribution in [3.63, 3.8) is 0 Å². The lowest BCUT2D eigenvalue weighted by molar-refractivity contribution is -0.141. The minimum absolute atomic E-state index is 0.305. The zero-order valence-electron chi connectivity index (χ0n) is 11.1. The number of likely N-dealkylation sites (tertiary alicyclic amines) is 1. The fourth-order valence-electron chi connectivity index (χ4n) is 3.21. The Bertz CT molecular complexity index is 444. The Morgan fingerprint density at radius 1 is 1.05 bits per heavy atom. The van der Waals surface area contributed by atoms with Crippen LogP contribution in [-0.4, -0.2) is 23.9 Å². The molecule has 1 amide bonds. The van der Waals surface area contributed by atoms with Gasteiger partial charge in [-0.2, -0.15) is 0 Å². The molecule has 1 saturated carbocycles. The van der Waals surface area contributed by atoms with E-state index in [0.717, 1.165) is 31.0 Å². The Balaban J connectivity index is 1.54. The van der Waals surface area contributed by atoms with Gasteiger partial charge in [0, 0.05) is 29.9 Å². The summed E-state index contributed by atoms with van der Waals surface area (Å²) in [6, 6.07) is 8.02. The lowest BCUT2D eigenvalue weighted by atomic mass is 9.85. The molecule has 19 heavy (non-hydrogen) atoms. The van der Waals surface area contributed by atoms with Gasteiger partial charge in [0.25, 0.3) is 0 Å². The molecule has 0 radical (unpaired) electrons. The summed E-state index contributed by atoms with van der Waals surface area (Å²) >= 11 is 5.89. The number of rotatable bonds is 2. The first-order valence-electron chi connectivity index (χ1n) is 7.28. The average Bonchev–Trinajstić information content (AvgIpc) is 2.40. The van der Waals surface area contributed by atoms with Gasteiger partial charge in [-0.3, -0.25) is 4.79 Å². The smallest absolute Gasteiger partial charge is 0.225 e. The molecule has 2 nitrogen and oxygen atoms in total. The molecule has 1 aliphatic carbocycles. The molecule has 3 rings (SSSR count). The average molecular weight is 278 g/mol. The van der Waals surface area contributed by atoms with Crippen molar-refractivity contribution in [1.29, 1.82) is 0 Å². The summed E-state index contributed by atoms with van der Waals surface area (Å²) in [6.45, 7) is 1.77. The van der Waals surface area contributed by atoms with E-state index in [-0.39, 0.29) is 0 Å². The van der Waals surface area contributed by atoms with Crippen molar-refractivity contribution in [3.8, 4) is 0 Å². The van der Waals surface area contributed by atoms with E-state index >= 15 is 0 Å². The van der Waals surface area contributed by atoms with Gasteiger partial charge < -0.3 is 4.90 Å². The van der Waals surface area contributed by atoms with Gasteiger partial charge >= 0.3 is 0 Å². The molecule has 2 fully saturated rings. The molecule has 1 aromatic carbocycles. The van der Waals surface area contributed by atoms with E-state index in [4.69, 9.17) is 11.6 Å². The maximum absolute atomic E-state index is 12.3. The van der Waals surface area contributed by atoms with Crippen LogP contribution < -0.4 is 0 Å². The Morgan fingerprint density at radius 3 is 2.32 bits per heavy atom. The SMILES string of the molecule is O=C(C1CCCCC1)N1CC(c2ccc(Cl)cc2)C1. The third kappa shape index (κ3) is 2.79. The van der Waals surface area contributed by atoms with E-state index in [1.165, 1.54) is 24.8 Å². The quantitative estimate of drug-likeness (QED) is 0.804. The van der Waals surface area contributed by atoms with Crippen LogP contribution in [0.3, 0.4) is 0 Å². The van der Waals surface area contributed by atoms with E-state index in [1.807, 2.05) is 17.0 Å². The minimum atomic E-state index is 0.305. The summed E-state index contributed by atoms with van der Waals surface area (Å²) in [6.07, 6.45) is 5.95. The van der Waals surface area contributed by atoms with Gasteiger partial charge in [0.1, 0.15) is 0 Å². The van der Waals surface area contributed by atoms with Crippen molar-refractivity contribution >= 4 is 17.5 Å². The standard InChI is InChI=1S/C16H20ClNO/c17-15-8-6-12(7-9-15)14-10-18(11-14)16(19)13-4-2-1-3-5-13/h6-9,13-14H,1-5,10-11H2. The van der Waals surface area contributed by atoms with Gasteiger partial charge in [0.05, 0.1) is 0 Å². The molecule has 0 N–H and O–H groups in total. The minimum Gasteiger partial charge on any atom is -0.341 e. The van der Waals surface area contributed by atoms with E-state index in [9.17, 15) is 4.79 Å². The monoisotopic (exact) mass is 277 g/mol. The normalized spacial score (nSPS) is 21.2. The third-order valence-electron chi connectivity index (χ3n) is 4.49. The summed E-state index contributed by atoms with van der Waals surface area (Å²) in [5.41, 5.74) is 1.30. The van der Waals surface area contributed by atoms with Crippen LogP contribution in [0.4, 0.5) is 0 Å². The molecule has 102 valence electrons. The van der Waals surface area contributed by atoms with Crippen molar-refractivity contribution in [2.45, 2.75) is 38.0 Å². The Morgan fingerprint density at radius 2 is 1.68 bits per heavy atom. The van der Waals surface area contributed by atoms with E-state index in [0.29, 0.717) is 17.7 Å². The van der Waals surface area contributed by atoms with Gasteiger partial charge in [-0.25, -0.2) is 0 Å². The second kappa shape index (κ2) is 5.54. The lowest BCUT2D eigenvalue weighted by Gasteiger charge is -2.42. The van der Waals surface area contributed by atoms with Crippen LogP contribution in [0.2, 0.25) is 5.02 Å². The fraction of sp³-hybridized carbons (Fsp3) is 0.562. The highest BCUT2D eigenvalue weighted by molar-refractivity contribution is 6.30. The third-order valence-corrected chi connectivity index (χ3v) is 4.74. The zero-order valence-corrected chi connectivity index (χ0v) is 11.9. The van der Waals surface area contributed by atoms with Crippen LogP contribution in [0, 0.1) is 5.92 Å². The molecule has 0 atom stereocenters. The van der Waals surface area contributed by atoms with Crippen molar-refractivity contribution in [2.24, 2.45) is 5.92 Å².